The second-order valence-electron chi connectivity index (χ2n) is 4.93. The van der Waals surface area contributed by atoms with Gasteiger partial charge in [-0.3, -0.25) is 4.79 Å². The zero-order valence-corrected chi connectivity index (χ0v) is 11.4. The highest BCUT2D eigenvalue weighted by Gasteiger charge is 2.13. The average molecular weight is 261 g/mol. The fourth-order valence-corrected chi connectivity index (χ4v) is 1.68. The molecule has 5 heteroatoms. The molecular weight excluding hydrogens is 242 g/mol. The summed E-state index contributed by atoms with van der Waals surface area (Å²) in [5.41, 5.74) is 7.01. The van der Waals surface area contributed by atoms with Crippen molar-refractivity contribution in [3.05, 3.63) is 30.0 Å². The van der Waals surface area contributed by atoms with Crippen molar-refractivity contribution in [2.24, 2.45) is 0 Å². The van der Waals surface area contributed by atoms with Gasteiger partial charge in [0, 0.05) is 23.7 Å². The smallest absolute Gasteiger partial charge is 0.287 e. The van der Waals surface area contributed by atoms with Crippen LogP contribution in [0.15, 0.2) is 28.7 Å². The Balaban J connectivity index is 2.09. The Kier molecular flexibility index (Phi) is 3.76. The number of hydrogen-bond donors (Lipinski definition) is 2. The van der Waals surface area contributed by atoms with Gasteiger partial charge >= 0.3 is 0 Å². The van der Waals surface area contributed by atoms with E-state index in [4.69, 9.17) is 10.2 Å². The Morgan fingerprint density at radius 1 is 1.42 bits per heavy atom. The monoisotopic (exact) mass is 261 g/mol. The van der Waals surface area contributed by atoms with E-state index in [-0.39, 0.29) is 11.9 Å². The van der Waals surface area contributed by atoms with Crippen LogP contribution in [0.3, 0.4) is 0 Å². The molecule has 0 radical (unpaired) electrons. The maximum Gasteiger partial charge on any atom is 0.287 e. The number of benzene rings is 1. The summed E-state index contributed by atoms with van der Waals surface area (Å²) < 4.78 is 5.50. The summed E-state index contributed by atoms with van der Waals surface area (Å²) in [4.78, 5) is 14.0. The summed E-state index contributed by atoms with van der Waals surface area (Å²) in [6, 6.07) is 7.29. The summed E-state index contributed by atoms with van der Waals surface area (Å²) in [5.74, 6) is 0.107. The standard InChI is InChI=1S/C14H19N3O2/c1-9(17(2)3)8-16-14(18)13-7-10-6-11(15)4-5-12(10)19-13/h4-7,9H,8,15H2,1-3H3,(H,16,18). The van der Waals surface area contributed by atoms with E-state index in [2.05, 4.69) is 5.32 Å². The number of rotatable bonds is 4. The van der Waals surface area contributed by atoms with Gasteiger partial charge in [-0.25, -0.2) is 0 Å². The van der Waals surface area contributed by atoms with Crippen LogP contribution in [0.25, 0.3) is 11.0 Å². The summed E-state index contributed by atoms with van der Waals surface area (Å²) in [6.45, 7) is 2.62. The van der Waals surface area contributed by atoms with E-state index < -0.39 is 0 Å². The molecule has 2 rings (SSSR count). The quantitative estimate of drug-likeness (QED) is 0.822. The number of amides is 1. The molecule has 0 bridgehead atoms. The van der Waals surface area contributed by atoms with Crippen LogP contribution in [0.5, 0.6) is 0 Å². The summed E-state index contributed by atoms with van der Waals surface area (Å²) in [7, 11) is 3.95. The van der Waals surface area contributed by atoms with E-state index in [1.807, 2.05) is 25.9 Å². The molecule has 1 atom stereocenters. The van der Waals surface area contributed by atoms with Crippen LogP contribution in [0.4, 0.5) is 5.69 Å². The number of nitrogen functional groups attached to an aromatic ring is 1. The van der Waals surface area contributed by atoms with Crippen LogP contribution < -0.4 is 11.1 Å². The maximum absolute atomic E-state index is 12.0. The van der Waals surface area contributed by atoms with Crippen LogP contribution in [0.1, 0.15) is 17.5 Å². The van der Waals surface area contributed by atoms with Crippen molar-refractivity contribution in [3.8, 4) is 0 Å². The van der Waals surface area contributed by atoms with Gasteiger partial charge in [-0.1, -0.05) is 0 Å². The molecule has 1 heterocycles. The number of hydrogen-bond acceptors (Lipinski definition) is 4. The van der Waals surface area contributed by atoms with Crippen molar-refractivity contribution in [2.45, 2.75) is 13.0 Å². The highest BCUT2D eigenvalue weighted by atomic mass is 16.3. The van der Waals surface area contributed by atoms with Gasteiger partial charge in [-0.2, -0.15) is 0 Å². The molecule has 5 nitrogen and oxygen atoms in total. The average Bonchev–Trinajstić information content (AvgIpc) is 2.78. The Bertz CT molecular complexity index is 589. The molecule has 1 aromatic carbocycles. The first-order chi connectivity index (χ1) is 8.97. The van der Waals surface area contributed by atoms with Crippen molar-refractivity contribution in [3.63, 3.8) is 0 Å². The number of carbonyl (C=O) groups is 1. The number of likely N-dealkylation sites (N-methyl/N-ethyl adjacent to an activating group) is 1. The minimum absolute atomic E-state index is 0.205. The normalized spacial score (nSPS) is 12.8. The van der Waals surface area contributed by atoms with Crippen molar-refractivity contribution in [2.75, 3.05) is 26.4 Å². The summed E-state index contributed by atoms with van der Waals surface area (Å²) in [5, 5.41) is 3.69. The molecule has 19 heavy (non-hydrogen) atoms. The molecule has 2 aromatic rings. The molecule has 0 fully saturated rings. The minimum atomic E-state index is -0.205. The van der Waals surface area contributed by atoms with E-state index in [0.717, 1.165) is 5.39 Å². The Morgan fingerprint density at radius 2 is 2.16 bits per heavy atom. The number of nitrogens with zero attached hydrogens (tertiary/aromatic N) is 1. The first-order valence-electron chi connectivity index (χ1n) is 6.21. The van der Waals surface area contributed by atoms with Gasteiger partial charge in [0.15, 0.2) is 5.76 Å². The summed E-state index contributed by atoms with van der Waals surface area (Å²) in [6.07, 6.45) is 0. The Morgan fingerprint density at radius 3 is 2.84 bits per heavy atom. The van der Waals surface area contributed by atoms with Crippen LogP contribution in [-0.4, -0.2) is 37.5 Å². The number of carbonyl (C=O) groups excluding carboxylic acids is 1. The van der Waals surface area contributed by atoms with Crippen LogP contribution in [-0.2, 0) is 0 Å². The summed E-state index contributed by atoms with van der Waals surface area (Å²) >= 11 is 0. The SMILES string of the molecule is CC(CNC(=O)c1cc2cc(N)ccc2o1)N(C)C. The predicted octanol–water partition coefficient (Wildman–Crippen LogP) is 1.69. The molecule has 0 aliphatic heterocycles. The molecular formula is C14H19N3O2. The highest BCUT2D eigenvalue weighted by Crippen LogP contribution is 2.21. The van der Waals surface area contributed by atoms with Gasteiger partial charge in [0.25, 0.3) is 5.91 Å². The topological polar surface area (TPSA) is 71.5 Å². The Hall–Kier alpha value is -2.01. The van der Waals surface area contributed by atoms with E-state index in [1.54, 1.807) is 24.3 Å². The third-order valence-corrected chi connectivity index (χ3v) is 3.20. The second-order valence-corrected chi connectivity index (χ2v) is 4.93. The van der Waals surface area contributed by atoms with Crippen LogP contribution in [0.2, 0.25) is 0 Å². The lowest BCUT2D eigenvalue weighted by Gasteiger charge is -2.19. The number of furan rings is 1. The lowest BCUT2D eigenvalue weighted by molar-refractivity contribution is 0.0918. The fourth-order valence-electron chi connectivity index (χ4n) is 1.68. The second kappa shape index (κ2) is 5.32. The van der Waals surface area contributed by atoms with Gasteiger partial charge in [0.2, 0.25) is 0 Å². The fraction of sp³-hybridized carbons (Fsp3) is 0.357. The molecule has 1 unspecified atom stereocenters. The van der Waals surface area contributed by atoms with Gasteiger partial charge in [-0.05, 0) is 45.3 Å². The van der Waals surface area contributed by atoms with Crippen molar-refractivity contribution >= 4 is 22.6 Å². The van der Waals surface area contributed by atoms with Gasteiger partial charge in [-0.15, -0.1) is 0 Å². The number of nitrogens with two attached hydrogens (primary N) is 1. The number of nitrogens with one attached hydrogen (secondary N) is 1. The van der Waals surface area contributed by atoms with Gasteiger partial charge < -0.3 is 20.4 Å². The van der Waals surface area contributed by atoms with E-state index >= 15 is 0 Å². The minimum Gasteiger partial charge on any atom is -0.451 e. The van der Waals surface area contributed by atoms with Crippen LogP contribution >= 0.6 is 0 Å². The molecule has 102 valence electrons. The molecule has 0 saturated heterocycles. The molecule has 0 aliphatic rings. The third kappa shape index (κ3) is 3.06. The number of fused-ring (bicyclic) bond motifs is 1. The predicted molar refractivity (Wildman–Crippen MR) is 76.1 cm³/mol. The van der Waals surface area contributed by atoms with E-state index in [1.165, 1.54) is 0 Å². The van der Waals surface area contributed by atoms with Crippen molar-refractivity contribution in [1.82, 2.24) is 10.2 Å². The van der Waals surface area contributed by atoms with Crippen LogP contribution in [0, 0.1) is 0 Å². The third-order valence-electron chi connectivity index (χ3n) is 3.20. The number of anilines is 1. The maximum atomic E-state index is 12.0. The lowest BCUT2D eigenvalue weighted by atomic mass is 10.2. The molecule has 0 aliphatic carbocycles. The van der Waals surface area contributed by atoms with Crippen molar-refractivity contribution < 1.29 is 9.21 Å². The molecule has 1 amide bonds. The largest absolute Gasteiger partial charge is 0.451 e. The Labute approximate surface area is 112 Å². The zero-order valence-electron chi connectivity index (χ0n) is 11.4. The van der Waals surface area contributed by atoms with Gasteiger partial charge in [0.1, 0.15) is 5.58 Å². The molecule has 0 saturated carbocycles. The molecule has 1 aromatic heterocycles. The van der Waals surface area contributed by atoms with Gasteiger partial charge in [0.05, 0.1) is 0 Å². The lowest BCUT2D eigenvalue weighted by Crippen LogP contribution is -2.38. The highest BCUT2D eigenvalue weighted by molar-refractivity contribution is 5.96. The molecule has 3 N–H and O–H groups in total. The zero-order chi connectivity index (χ0) is 14.0. The van der Waals surface area contributed by atoms with E-state index in [0.29, 0.717) is 23.6 Å². The molecule has 0 spiro atoms. The van der Waals surface area contributed by atoms with Crippen molar-refractivity contribution in [1.29, 1.82) is 0 Å². The first kappa shape index (κ1) is 13.4. The van der Waals surface area contributed by atoms with E-state index in [9.17, 15) is 4.79 Å². The first-order valence-corrected chi connectivity index (χ1v) is 6.21.